The van der Waals surface area contributed by atoms with Gasteiger partial charge in [-0.05, 0) is 65.8 Å². The van der Waals surface area contributed by atoms with Crippen LogP contribution in [0.2, 0.25) is 5.02 Å². The Balaban J connectivity index is 1.33. The molecule has 0 amide bonds. The van der Waals surface area contributed by atoms with Crippen molar-refractivity contribution in [2.24, 2.45) is 0 Å². The predicted octanol–water partition coefficient (Wildman–Crippen LogP) is 8.08. The van der Waals surface area contributed by atoms with Crippen molar-refractivity contribution in [3.63, 3.8) is 0 Å². The normalized spacial score (nSPS) is 17.7. The van der Waals surface area contributed by atoms with Crippen LogP contribution in [0.1, 0.15) is 53.9 Å². The maximum atomic E-state index is 14.1. The van der Waals surface area contributed by atoms with Gasteiger partial charge in [-0.1, -0.05) is 90.5 Å². The molecule has 0 unspecified atom stereocenters. The summed E-state index contributed by atoms with van der Waals surface area (Å²) in [4.78, 5) is 27.9. The molecular formula is C39H36ClNO5. The van der Waals surface area contributed by atoms with Gasteiger partial charge < -0.3 is 19.5 Å². The van der Waals surface area contributed by atoms with Crippen LogP contribution in [-0.2, 0) is 27.4 Å². The van der Waals surface area contributed by atoms with Gasteiger partial charge in [-0.3, -0.25) is 4.79 Å². The second-order valence-electron chi connectivity index (χ2n) is 11.6. The molecule has 0 aromatic heterocycles. The fraction of sp³-hybridized carbons (Fsp3) is 0.231. The fourth-order valence-electron chi connectivity index (χ4n) is 6.32. The Kier molecular flexibility index (Phi) is 9.55. The predicted molar refractivity (Wildman–Crippen MR) is 179 cm³/mol. The highest BCUT2D eigenvalue weighted by Gasteiger charge is 2.41. The van der Waals surface area contributed by atoms with Crippen molar-refractivity contribution in [2.45, 2.75) is 44.6 Å². The minimum absolute atomic E-state index is 0.00728. The van der Waals surface area contributed by atoms with Crippen LogP contribution < -0.4 is 14.8 Å². The lowest BCUT2D eigenvalue weighted by molar-refractivity contribution is -0.139. The van der Waals surface area contributed by atoms with Crippen LogP contribution in [0.15, 0.2) is 126 Å². The zero-order valence-electron chi connectivity index (χ0n) is 25.9. The second kappa shape index (κ2) is 14.1. The number of allylic oxidation sites excluding steroid dienone is 3. The Morgan fingerprint density at radius 2 is 1.52 bits per heavy atom. The number of methoxy groups -OCH3 is 1. The first-order valence-corrected chi connectivity index (χ1v) is 15.8. The van der Waals surface area contributed by atoms with Crippen LogP contribution in [-0.4, -0.2) is 25.5 Å². The summed E-state index contributed by atoms with van der Waals surface area (Å²) in [6.07, 6.45) is 1.54. The van der Waals surface area contributed by atoms with Gasteiger partial charge in [-0.2, -0.15) is 0 Å². The van der Waals surface area contributed by atoms with Crippen LogP contribution in [0.25, 0.3) is 0 Å². The highest BCUT2D eigenvalue weighted by Crippen LogP contribution is 2.47. The van der Waals surface area contributed by atoms with E-state index in [1.54, 1.807) is 7.11 Å². The van der Waals surface area contributed by atoms with Crippen LogP contribution in [0.5, 0.6) is 11.5 Å². The molecule has 2 atom stereocenters. The van der Waals surface area contributed by atoms with E-state index in [-0.39, 0.29) is 18.3 Å². The molecule has 0 spiro atoms. The fourth-order valence-corrected chi connectivity index (χ4v) is 6.44. The minimum Gasteiger partial charge on any atom is -0.493 e. The topological polar surface area (TPSA) is 73.9 Å². The third kappa shape index (κ3) is 6.87. The van der Waals surface area contributed by atoms with Crippen molar-refractivity contribution >= 4 is 23.4 Å². The molecule has 0 bridgehead atoms. The standard InChI is InChI=1S/C39H36ClNO5/c1-25-36(39(43)45-20-19-26-9-5-3-6-10-26)37(29-15-18-34(35(23-29)44-2)46-24-27-11-7-4-8-12-27)38-32(41-25)21-30(22-33(38)42)28-13-16-31(40)17-14-28/h3-18,23,30,37,41H,19-22,24H2,1-2H3/t30-,37-/m0/s1. The van der Waals surface area contributed by atoms with E-state index in [1.807, 2.05) is 110 Å². The summed E-state index contributed by atoms with van der Waals surface area (Å²) in [7, 11) is 1.59. The summed E-state index contributed by atoms with van der Waals surface area (Å²) < 4.78 is 17.7. The summed E-state index contributed by atoms with van der Waals surface area (Å²) in [5.74, 6) is -0.00412. The van der Waals surface area contributed by atoms with E-state index < -0.39 is 11.9 Å². The number of carbonyl (C=O) groups is 2. The number of carbonyl (C=O) groups excluding carboxylic acids is 2. The van der Waals surface area contributed by atoms with Gasteiger partial charge in [0.15, 0.2) is 17.3 Å². The van der Waals surface area contributed by atoms with Crippen LogP contribution >= 0.6 is 11.6 Å². The highest BCUT2D eigenvalue weighted by molar-refractivity contribution is 6.30. The maximum absolute atomic E-state index is 14.1. The van der Waals surface area contributed by atoms with Crippen molar-refractivity contribution in [1.82, 2.24) is 5.32 Å². The highest BCUT2D eigenvalue weighted by atomic mass is 35.5. The Labute approximate surface area is 274 Å². The van der Waals surface area contributed by atoms with Crippen molar-refractivity contribution in [2.75, 3.05) is 13.7 Å². The van der Waals surface area contributed by atoms with Gasteiger partial charge >= 0.3 is 5.97 Å². The Morgan fingerprint density at radius 3 is 2.22 bits per heavy atom. The third-order valence-electron chi connectivity index (χ3n) is 8.61. The molecule has 6 rings (SSSR count). The Bertz CT molecular complexity index is 1780. The molecule has 0 saturated carbocycles. The molecule has 2 aliphatic rings. The van der Waals surface area contributed by atoms with Gasteiger partial charge in [-0.15, -0.1) is 0 Å². The van der Waals surface area contributed by atoms with Gasteiger partial charge in [-0.25, -0.2) is 4.79 Å². The number of halogens is 1. The zero-order valence-corrected chi connectivity index (χ0v) is 26.7. The van der Waals surface area contributed by atoms with Crippen molar-refractivity contribution < 1.29 is 23.8 Å². The molecule has 4 aromatic rings. The third-order valence-corrected chi connectivity index (χ3v) is 8.87. The molecule has 0 saturated heterocycles. The summed E-state index contributed by atoms with van der Waals surface area (Å²) >= 11 is 6.14. The lowest BCUT2D eigenvalue weighted by Gasteiger charge is -2.37. The zero-order chi connectivity index (χ0) is 32.0. The van der Waals surface area contributed by atoms with E-state index >= 15 is 0 Å². The Hall–Kier alpha value is -4.81. The monoisotopic (exact) mass is 633 g/mol. The number of ether oxygens (including phenoxy) is 3. The quantitative estimate of drug-likeness (QED) is 0.178. The average molecular weight is 634 g/mol. The summed E-state index contributed by atoms with van der Waals surface area (Å²) in [6.45, 7) is 2.47. The number of hydrogen-bond acceptors (Lipinski definition) is 6. The molecular weight excluding hydrogens is 598 g/mol. The minimum atomic E-state index is -0.629. The van der Waals surface area contributed by atoms with Crippen molar-refractivity contribution in [3.05, 3.63) is 153 Å². The number of ketones is 1. The van der Waals surface area contributed by atoms with E-state index in [9.17, 15) is 9.59 Å². The largest absolute Gasteiger partial charge is 0.493 e. The molecule has 0 radical (unpaired) electrons. The van der Waals surface area contributed by atoms with E-state index in [0.717, 1.165) is 28.0 Å². The molecule has 46 heavy (non-hydrogen) atoms. The molecule has 4 aromatic carbocycles. The number of nitrogens with one attached hydrogen (secondary N) is 1. The molecule has 6 nitrogen and oxygen atoms in total. The van der Waals surface area contributed by atoms with Crippen molar-refractivity contribution in [3.8, 4) is 11.5 Å². The first-order chi connectivity index (χ1) is 22.4. The van der Waals surface area contributed by atoms with Crippen LogP contribution in [0.4, 0.5) is 0 Å². The van der Waals surface area contributed by atoms with Gasteiger partial charge in [0.25, 0.3) is 0 Å². The number of rotatable bonds is 10. The smallest absolute Gasteiger partial charge is 0.336 e. The molecule has 7 heteroatoms. The van der Waals surface area contributed by atoms with Crippen molar-refractivity contribution in [1.29, 1.82) is 0 Å². The summed E-state index contributed by atoms with van der Waals surface area (Å²) in [5.41, 5.74) is 6.42. The lowest BCUT2D eigenvalue weighted by atomic mass is 9.71. The molecule has 0 fully saturated rings. The van der Waals surface area contributed by atoms with Crippen LogP contribution in [0, 0.1) is 0 Å². The number of esters is 1. The molecule has 1 aliphatic heterocycles. The summed E-state index contributed by atoms with van der Waals surface area (Å²) in [5, 5.41) is 4.09. The average Bonchev–Trinajstić information content (AvgIpc) is 3.07. The van der Waals surface area contributed by atoms with Gasteiger partial charge in [0.1, 0.15) is 6.61 Å². The lowest BCUT2D eigenvalue weighted by Crippen LogP contribution is -2.36. The number of hydrogen-bond donors (Lipinski definition) is 1. The van der Waals surface area contributed by atoms with Crippen LogP contribution in [0.3, 0.4) is 0 Å². The molecule has 1 heterocycles. The van der Waals surface area contributed by atoms with E-state index in [2.05, 4.69) is 5.32 Å². The van der Waals surface area contributed by atoms with Gasteiger partial charge in [0.05, 0.1) is 19.3 Å². The number of benzene rings is 4. The maximum Gasteiger partial charge on any atom is 0.336 e. The first kappa shape index (κ1) is 31.2. The molecule has 1 N–H and O–H groups in total. The summed E-state index contributed by atoms with van der Waals surface area (Å²) in [6, 6.07) is 33.1. The first-order valence-electron chi connectivity index (χ1n) is 15.5. The van der Waals surface area contributed by atoms with Gasteiger partial charge in [0, 0.05) is 40.7 Å². The van der Waals surface area contributed by atoms with E-state index in [0.29, 0.717) is 59.2 Å². The SMILES string of the molecule is COc1cc([C@H]2C(C(=O)OCCc3ccccc3)=C(C)NC3=C2C(=O)C[C@@H](c2ccc(Cl)cc2)C3)ccc1OCc1ccccc1. The molecule has 234 valence electrons. The van der Waals surface area contributed by atoms with E-state index in [4.69, 9.17) is 25.8 Å². The second-order valence-corrected chi connectivity index (χ2v) is 12.1. The number of Topliss-reactive ketones (excluding diaryl/α,β-unsaturated/α-hetero) is 1. The molecule has 1 aliphatic carbocycles. The Morgan fingerprint density at radius 1 is 0.848 bits per heavy atom. The van der Waals surface area contributed by atoms with E-state index in [1.165, 1.54) is 0 Å². The number of dihydropyridines is 1. The van der Waals surface area contributed by atoms with Gasteiger partial charge in [0.2, 0.25) is 0 Å².